The highest BCUT2D eigenvalue weighted by Crippen LogP contribution is 2.40. The number of allylic oxidation sites excluding steroid dienone is 2. The molecular weight excluding hydrogens is 472 g/mol. The summed E-state index contributed by atoms with van der Waals surface area (Å²) < 4.78 is 42.8. The van der Waals surface area contributed by atoms with Crippen LogP contribution in [0.3, 0.4) is 0 Å². The van der Waals surface area contributed by atoms with Gasteiger partial charge in [0, 0.05) is 32.6 Å². The number of benzene rings is 1. The zero-order valence-electron chi connectivity index (χ0n) is 20.1. The minimum atomic E-state index is -1.24. The number of fused-ring (bicyclic) bond motifs is 1. The predicted molar refractivity (Wildman–Crippen MR) is 133 cm³/mol. The van der Waals surface area contributed by atoms with E-state index in [9.17, 15) is 18.9 Å². The molecule has 2 heterocycles. The Morgan fingerprint density at radius 3 is 2.57 bits per heavy atom. The van der Waals surface area contributed by atoms with Crippen LogP contribution >= 0.6 is 0 Å². The van der Waals surface area contributed by atoms with Gasteiger partial charge in [-0.25, -0.2) is 13.8 Å². The van der Waals surface area contributed by atoms with Gasteiger partial charge in [0.25, 0.3) is 5.69 Å². The summed E-state index contributed by atoms with van der Waals surface area (Å²) in [6.07, 6.45) is 9.64. The van der Waals surface area contributed by atoms with Gasteiger partial charge in [0.2, 0.25) is 0 Å². The maximum absolute atomic E-state index is 14.6. The molecule has 0 saturated heterocycles. The fraction of sp³-hybridized carbons (Fsp3) is 0.400. The number of aromatic nitrogens is 2. The molecule has 0 saturated carbocycles. The third-order valence-electron chi connectivity index (χ3n) is 5.99. The average molecular weight is 502 g/mol. The normalized spacial score (nSPS) is 14.3. The first-order valence-corrected chi connectivity index (χ1v) is 15.4. The van der Waals surface area contributed by atoms with E-state index in [1.807, 2.05) is 10.8 Å². The molecule has 0 radical (unpaired) electrons. The van der Waals surface area contributed by atoms with Gasteiger partial charge in [-0.1, -0.05) is 25.7 Å². The van der Waals surface area contributed by atoms with Crippen LogP contribution in [0.15, 0.2) is 36.7 Å². The molecule has 0 fully saturated rings. The molecule has 0 unspecified atom stereocenters. The fourth-order valence-electron chi connectivity index (χ4n) is 4.10. The van der Waals surface area contributed by atoms with E-state index < -0.39 is 36.1 Å². The van der Waals surface area contributed by atoms with Crippen molar-refractivity contribution >= 4 is 30.4 Å². The van der Waals surface area contributed by atoms with E-state index in [-0.39, 0.29) is 5.75 Å². The second-order valence-electron chi connectivity index (χ2n) is 9.94. The zero-order valence-corrected chi connectivity index (χ0v) is 21.1. The predicted octanol–water partition coefficient (Wildman–Crippen LogP) is 7.28. The van der Waals surface area contributed by atoms with Gasteiger partial charge in [-0.2, -0.15) is 0 Å². The molecule has 10 heteroatoms. The van der Waals surface area contributed by atoms with Gasteiger partial charge in [0.05, 0.1) is 22.4 Å². The van der Waals surface area contributed by atoms with Crippen molar-refractivity contribution in [2.24, 2.45) is 0 Å². The molecule has 0 spiro atoms. The first-order valence-electron chi connectivity index (χ1n) is 11.7. The maximum atomic E-state index is 14.6. The van der Waals surface area contributed by atoms with Crippen molar-refractivity contribution in [2.75, 3.05) is 6.61 Å². The SMILES string of the molecule is C[Si](C)(C)CCOCn1cc(C2=CCCCC2)c2c(Oc3c(F)cc([N+](=O)[O-])cc3F)ccnc21. The van der Waals surface area contributed by atoms with Crippen molar-refractivity contribution in [2.45, 2.75) is 58.1 Å². The Kier molecular flexibility index (Phi) is 7.32. The summed E-state index contributed by atoms with van der Waals surface area (Å²) in [6.45, 7) is 7.80. The van der Waals surface area contributed by atoms with Crippen LogP contribution < -0.4 is 4.74 Å². The number of pyridine rings is 1. The Bertz CT molecular complexity index is 1260. The first-order chi connectivity index (χ1) is 16.6. The van der Waals surface area contributed by atoms with E-state index >= 15 is 0 Å². The molecule has 186 valence electrons. The van der Waals surface area contributed by atoms with Crippen LogP contribution in [0.4, 0.5) is 14.5 Å². The van der Waals surface area contributed by atoms with Crippen LogP contribution in [0, 0.1) is 21.7 Å². The van der Waals surface area contributed by atoms with Crippen LogP contribution in [0.1, 0.15) is 31.2 Å². The number of halogens is 2. The third-order valence-corrected chi connectivity index (χ3v) is 7.69. The molecule has 35 heavy (non-hydrogen) atoms. The summed E-state index contributed by atoms with van der Waals surface area (Å²) >= 11 is 0. The van der Waals surface area contributed by atoms with E-state index in [1.165, 1.54) is 6.20 Å². The second-order valence-corrected chi connectivity index (χ2v) is 15.6. The van der Waals surface area contributed by atoms with Crippen molar-refractivity contribution in [3.05, 3.63) is 64.0 Å². The summed E-state index contributed by atoms with van der Waals surface area (Å²) in [7, 11) is -1.24. The monoisotopic (exact) mass is 501 g/mol. The number of nitro groups is 1. The fourth-order valence-corrected chi connectivity index (χ4v) is 4.85. The van der Waals surface area contributed by atoms with Gasteiger partial charge in [0.15, 0.2) is 17.4 Å². The Labute approximate surface area is 203 Å². The lowest BCUT2D eigenvalue weighted by molar-refractivity contribution is -0.385. The Balaban J connectivity index is 1.74. The van der Waals surface area contributed by atoms with Crippen molar-refractivity contribution in [1.82, 2.24) is 9.55 Å². The lowest BCUT2D eigenvalue weighted by Gasteiger charge is -2.15. The Morgan fingerprint density at radius 1 is 1.20 bits per heavy atom. The minimum absolute atomic E-state index is 0.226. The standard InChI is InChI=1S/C25H29F2N3O4Si/c1-35(2,3)12-11-33-16-29-15-19(17-7-5-4-6-8-17)23-22(9-10-28-25(23)29)34-24-20(26)13-18(30(31)32)14-21(24)27/h7,9-10,13-15H,4-6,8,11-12,16H2,1-3H3. The van der Waals surface area contributed by atoms with Gasteiger partial charge in [-0.3, -0.25) is 10.1 Å². The highest BCUT2D eigenvalue weighted by atomic mass is 28.3. The number of hydrogen-bond donors (Lipinski definition) is 0. The highest BCUT2D eigenvalue weighted by Gasteiger charge is 2.23. The molecule has 1 aliphatic rings. The highest BCUT2D eigenvalue weighted by molar-refractivity contribution is 6.76. The summed E-state index contributed by atoms with van der Waals surface area (Å²) in [6, 6.07) is 3.88. The third kappa shape index (κ3) is 5.76. The average Bonchev–Trinajstić information content (AvgIpc) is 3.18. The summed E-state index contributed by atoms with van der Waals surface area (Å²) in [4.78, 5) is 14.6. The molecule has 2 aromatic heterocycles. The molecule has 3 aromatic rings. The molecule has 0 aliphatic heterocycles. The van der Waals surface area contributed by atoms with E-state index in [1.54, 1.807) is 6.07 Å². The topological polar surface area (TPSA) is 79.4 Å². The molecule has 0 atom stereocenters. The van der Waals surface area contributed by atoms with E-state index in [2.05, 4.69) is 30.7 Å². The van der Waals surface area contributed by atoms with Gasteiger partial charge >= 0.3 is 0 Å². The summed E-state index contributed by atoms with van der Waals surface area (Å²) in [5.41, 5.74) is 1.92. The maximum Gasteiger partial charge on any atom is 0.275 e. The van der Waals surface area contributed by atoms with E-state index in [0.29, 0.717) is 36.5 Å². The number of ether oxygens (including phenoxy) is 2. The van der Waals surface area contributed by atoms with Crippen LogP contribution in [0.2, 0.25) is 25.7 Å². The van der Waals surface area contributed by atoms with Crippen LogP contribution in [0.25, 0.3) is 16.6 Å². The summed E-state index contributed by atoms with van der Waals surface area (Å²) in [5.74, 6) is -2.75. The zero-order chi connectivity index (χ0) is 25.2. The van der Waals surface area contributed by atoms with Crippen LogP contribution in [0.5, 0.6) is 11.5 Å². The molecule has 0 amide bonds. The first kappa shape index (κ1) is 25.0. The van der Waals surface area contributed by atoms with Crippen molar-refractivity contribution in [3.63, 3.8) is 0 Å². The quantitative estimate of drug-likeness (QED) is 0.133. The molecule has 0 bridgehead atoms. The molecule has 1 aliphatic carbocycles. The summed E-state index contributed by atoms with van der Waals surface area (Å²) in [5, 5.41) is 11.6. The van der Waals surface area contributed by atoms with Gasteiger partial charge in [-0.15, -0.1) is 0 Å². The molecular formula is C25H29F2N3O4Si. The van der Waals surface area contributed by atoms with Crippen molar-refractivity contribution in [1.29, 1.82) is 0 Å². The molecule has 0 N–H and O–H groups in total. The number of nitrogens with zero attached hydrogens (tertiary/aromatic N) is 3. The lowest BCUT2D eigenvalue weighted by atomic mass is 9.94. The van der Waals surface area contributed by atoms with Crippen molar-refractivity contribution < 1.29 is 23.2 Å². The van der Waals surface area contributed by atoms with Gasteiger partial charge in [0.1, 0.15) is 18.1 Å². The largest absolute Gasteiger partial charge is 0.450 e. The minimum Gasteiger partial charge on any atom is -0.450 e. The Morgan fingerprint density at radius 2 is 1.94 bits per heavy atom. The lowest BCUT2D eigenvalue weighted by Crippen LogP contribution is -2.22. The van der Waals surface area contributed by atoms with Crippen LogP contribution in [-0.4, -0.2) is 29.2 Å². The Hall–Kier alpha value is -3.11. The molecule has 1 aromatic carbocycles. The second kappa shape index (κ2) is 10.2. The smallest absolute Gasteiger partial charge is 0.275 e. The van der Waals surface area contributed by atoms with Crippen molar-refractivity contribution in [3.8, 4) is 11.5 Å². The van der Waals surface area contributed by atoms with E-state index in [4.69, 9.17) is 9.47 Å². The number of non-ortho nitro benzene ring substituents is 1. The van der Waals surface area contributed by atoms with Gasteiger partial charge < -0.3 is 14.0 Å². The van der Waals surface area contributed by atoms with E-state index in [0.717, 1.165) is 42.9 Å². The number of hydrogen-bond acceptors (Lipinski definition) is 5. The number of rotatable bonds is 9. The molecule has 7 nitrogen and oxygen atoms in total. The van der Waals surface area contributed by atoms with Gasteiger partial charge in [-0.05, 0) is 43.4 Å². The number of nitro benzene ring substituents is 1. The van der Waals surface area contributed by atoms with Crippen LogP contribution in [-0.2, 0) is 11.5 Å². The molecule has 4 rings (SSSR count).